The molecule has 5 aliphatic carbocycles. The molecule has 5 rings (SSSR count). The molecule has 188 valence electrons. The first-order chi connectivity index (χ1) is 15.1. The summed E-state index contributed by atoms with van der Waals surface area (Å²) in [6.07, 6.45) is 13.8. The summed E-state index contributed by atoms with van der Waals surface area (Å²) in [5.74, 6) is 2.73. The second-order valence-corrected chi connectivity index (χ2v) is 15.7. The van der Waals surface area contributed by atoms with Crippen molar-refractivity contribution in [2.45, 2.75) is 133 Å². The van der Waals surface area contributed by atoms with Gasteiger partial charge in [-0.1, -0.05) is 55.4 Å². The Hall–Kier alpha value is -0.530. The van der Waals surface area contributed by atoms with E-state index >= 15 is 0 Å². The Morgan fingerprint density at radius 1 is 0.727 bits per heavy atom. The van der Waals surface area contributed by atoms with Crippen LogP contribution < -0.4 is 0 Å². The summed E-state index contributed by atoms with van der Waals surface area (Å²) in [5, 5.41) is 0. The van der Waals surface area contributed by atoms with Gasteiger partial charge in [-0.15, -0.1) is 0 Å². The number of rotatable bonds is 1. The minimum Gasteiger partial charge on any atom is -0.462 e. The molecule has 5 aliphatic rings. The van der Waals surface area contributed by atoms with Crippen molar-refractivity contribution >= 4 is 5.97 Å². The summed E-state index contributed by atoms with van der Waals surface area (Å²) in [6.45, 7) is 22.4. The van der Waals surface area contributed by atoms with Gasteiger partial charge in [0.25, 0.3) is 0 Å². The summed E-state index contributed by atoms with van der Waals surface area (Å²) in [6, 6.07) is 0. The zero-order valence-corrected chi connectivity index (χ0v) is 23.3. The molecular formula is C31H52O2. The highest BCUT2D eigenvalue weighted by molar-refractivity contribution is 5.66. The van der Waals surface area contributed by atoms with Gasteiger partial charge >= 0.3 is 5.97 Å². The Labute approximate surface area is 204 Å². The SMILES string of the molecule is CC(=O)O[C@H]1C[C@@H]2[C@](C)(CC[C@H]3[C@@]2(C)CC[C@@]2(C)[C@H]4CC(C)(C)CC[C@]4(C)CC[C@]32C)[C@H]1C. The number of fused-ring (bicyclic) bond motifs is 7. The van der Waals surface area contributed by atoms with Crippen molar-refractivity contribution in [3.8, 4) is 0 Å². The van der Waals surface area contributed by atoms with E-state index in [1.54, 1.807) is 6.92 Å². The highest BCUT2D eigenvalue weighted by atomic mass is 16.5. The molecule has 0 aromatic rings. The first kappa shape index (κ1) is 24.2. The van der Waals surface area contributed by atoms with Crippen molar-refractivity contribution in [1.82, 2.24) is 0 Å². The zero-order valence-electron chi connectivity index (χ0n) is 23.3. The van der Waals surface area contributed by atoms with E-state index in [1.807, 2.05) is 0 Å². The number of hydrogen-bond donors (Lipinski definition) is 0. The van der Waals surface area contributed by atoms with Crippen LogP contribution >= 0.6 is 0 Å². The van der Waals surface area contributed by atoms with Crippen LogP contribution in [0.5, 0.6) is 0 Å². The Balaban J connectivity index is 1.51. The van der Waals surface area contributed by atoms with Gasteiger partial charge in [0.2, 0.25) is 0 Å². The predicted octanol–water partition coefficient (Wildman–Crippen LogP) is 8.43. The van der Waals surface area contributed by atoms with Crippen LogP contribution in [0.3, 0.4) is 0 Å². The first-order valence-electron chi connectivity index (χ1n) is 14.3. The maximum absolute atomic E-state index is 11.9. The van der Waals surface area contributed by atoms with Crippen LogP contribution in [0, 0.1) is 56.2 Å². The smallest absolute Gasteiger partial charge is 0.302 e. The summed E-state index contributed by atoms with van der Waals surface area (Å²) >= 11 is 0. The largest absolute Gasteiger partial charge is 0.462 e. The Kier molecular flexibility index (Phi) is 5.15. The van der Waals surface area contributed by atoms with E-state index in [2.05, 4.69) is 55.4 Å². The van der Waals surface area contributed by atoms with Gasteiger partial charge in [0.15, 0.2) is 0 Å². The van der Waals surface area contributed by atoms with Crippen LogP contribution in [0.2, 0.25) is 0 Å². The fourth-order valence-corrected chi connectivity index (χ4v) is 11.4. The third kappa shape index (κ3) is 3.06. The van der Waals surface area contributed by atoms with Gasteiger partial charge in [0.1, 0.15) is 6.10 Å². The minimum absolute atomic E-state index is 0.0922. The predicted molar refractivity (Wildman–Crippen MR) is 136 cm³/mol. The molecule has 0 unspecified atom stereocenters. The molecule has 0 heterocycles. The van der Waals surface area contributed by atoms with E-state index in [9.17, 15) is 4.79 Å². The number of esters is 1. The number of carbonyl (C=O) groups excluding carboxylic acids is 1. The van der Waals surface area contributed by atoms with Gasteiger partial charge in [-0.2, -0.15) is 0 Å². The van der Waals surface area contributed by atoms with Crippen molar-refractivity contribution in [2.24, 2.45) is 56.2 Å². The number of ether oxygens (including phenoxy) is 1. The maximum atomic E-state index is 11.9. The molecule has 0 radical (unpaired) electrons. The molecule has 0 bridgehead atoms. The third-order valence-corrected chi connectivity index (χ3v) is 14.0. The topological polar surface area (TPSA) is 26.3 Å². The average Bonchev–Trinajstić information content (AvgIpc) is 2.97. The molecule has 0 spiro atoms. The molecule has 0 saturated heterocycles. The summed E-state index contributed by atoms with van der Waals surface area (Å²) in [5.41, 5.74) is 2.61. The van der Waals surface area contributed by atoms with E-state index < -0.39 is 0 Å². The van der Waals surface area contributed by atoms with Crippen LogP contribution in [0.25, 0.3) is 0 Å². The Bertz CT molecular complexity index is 831. The molecule has 5 fully saturated rings. The fraction of sp³-hybridized carbons (Fsp3) is 0.968. The molecular weight excluding hydrogens is 404 g/mol. The Morgan fingerprint density at radius 2 is 1.33 bits per heavy atom. The first-order valence-corrected chi connectivity index (χ1v) is 14.3. The van der Waals surface area contributed by atoms with E-state index in [-0.39, 0.29) is 12.1 Å². The molecule has 0 aliphatic heterocycles. The van der Waals surface area contributed by atoms with E-state index in [1.165, 1.54) is 57.8 Å². The number of hydrogen-bond acceptors (Lipinski definition) is 2. The van der Waals surface area contributed by atoms with Crippen LogP contribution in [0.1, 0.15) is 127 Å². The maximum Gasteiger partial charge on any atom is 0.302 e. The van der Waals surface area contributed by atoms with Gasteiger partial charge in [0, 0.05) is 6.92 Å². The molecule has 2 nitrogen and oxygen atoms in total. The molecule has 10 atom stereocenters. The van der Waals surface area contributed by atoms with Crippen molar-refractivity contribution in [3.05, 3.63) is 0 Å². The Morgan fingerprint density at radius 3 is 2.00 bits per heavy atom. The summed E-state index contributed by atoms with van der Waals surface area (Å²) < 4.78 is 5.92. The lowest BCUT2D eigenvalue weighted by Crippen LogP contribution is -2.66. The second kappa shape index (κ2) is 7.03. The van der Waals surface area contributed by atoms with Crippen molar-refractivity contribution in [2.75, 3.05) is 0 Å². The highest BCUT2D eigenvalue weighted by Crippen LogP contribution is 2.78. The van der Waals surface area contributed by atoms with Gasteiger partial charge in [0.05, 0.1) is 0 Å². The average molecular weight is 457 g/mol. The molecule has 5 saturated carbocycles. The van der Waals surface area contributed by atoms with E-state index in [4.69, 9.17) is 4.74 Å². The minimum atomic E-state index is -0.0922. The second-order valence-electron chi connectivity index (χ2n) is 15.7. The van der Waals surface area contributed by atoms with Crippen molar-refractivity contribution < 1.29 is 9.53 Å². The highest BCUT2D eigenvalue weighted by Gasteiger charge is 2.71. The van der Waals surface area contributed by atoms with Crippen LogP contribution in [0.4, 0.5) is 0 Å². The number of carbonyl (C=O) groups is 1. The van der Waals surface area contributed by atoms with E-state index in [0.717, 1.165) is 18.3 Å². The van der Waals surface area contributed by atoms with Crippen LogP contribution in [0.15, 0.2) is 0 Å². The van der Waals surface area contributed by atoms with Gasteiger partial charge < -0.3 is 4.74 Å². The van der Waals surface area contributed by atoms with Crippen molar-refractivity contribution in [1.29, 1.82) is 0 Å². The van der Waals surface area contributed by atoms with Gasteiger partial charge in [-0.05, 0) is 120 Å². The summed E-state index contributed by atoms with van der Waals surface area (Å²) in [7, 11) is 0. The molecule has 0 aromatic heterocycles. The molecule has 2 heteroatoms. The summed E-state index contributed by atoms with van der Waals surface area (Å²) in [4.78, 5) is 11.9. The van der Waals surface area contributed by atoms with Gasteiger partial charge in [-0.25, -0.2) is 0 Å². The van der Waals surface area contributed by atoms with E-state index in [0.29, 0.717) is 44.3 Å². The monoisotopic (exact) mass is 456 g/mol. The molecule has 33 heavy (non-hydrogen) atoms. The zero-order chi connectivity index (χ0) is 24.2. The lowest BCUT2D eigenvalue weighted by atomic mass is 9.31. The third-order valence-electron chi connectivity index (χ3n) is 14.0. The standard InChI is InChI=1S/C31H52O2/c1-20-22(33-21(2)32)18-24-28(20,6)11-10-23-29(24,7)15-17-31(9)25-19-26(3,4)12-13-27(25,5)14-16-30(23,31)8/h20,22-25H,10-19H2,1-9H3/t20-,22-,23-,24+,25-,27+,28+,29+,30+,31-/m0/s1. The van der Waals surface area contributed by atoms with Crippen LogP contribution in [-0.4, -0.2) is 12.1 Å². The van der Waals surface area contributed by atoms with Gasteiger partial charge in [-0.3, -0.25) is 4.79 Å². The lowest BCUT2D eigenvalue weighted by molar-refractivity contribution is -0.248. The molecule has 0 aromatic carbocycles. The molecule has 0 N–H and O–H groups in total. The quantitative estimate of drug-likeness (QED) is 0.370. The fourth-order valence-electron chi connectivity index (χ4n) is 11.4. The van der Waals surface area contributed by atoms with Crippen molar-refractivity contribution in [3.63, 3.8) is 0 Å². The molecule has 0 amide bonds. The lowest BCUT2D eigenvalue weighted by Gasteiger charge is -2.74. The normalized spacial score (nSPS) is 57.3. The van der Waals surface area contributed by atoms with Crippen LogP contribution in [-0.2, 0) is 9.53 Å².